The van der Waals surface area contributed by atoms with Crippen LogP contribution in [0.15, 0.2) is 30.3 Å². The Morgan fingerprint density at radius 3 is 2.87 bits per heavy atom. The van der Waals surface area contributed by atoms with Gasteiger partial charge in [0.1, 0.15) is 11.1 Å². The van der Waals surface area contributed by atoms with Crippen molar-refractivity contribution in [2.75, 3.05) is 25.5 Å². The average molecular weight is 442 g/mol. The van der Waals surface area contributed by atoms with Crippen LogP contribution in [0, 0.1) is 21.4 Å². The third kappa shape index (κ3) is 6.74. The molecule has 0 saturated carbocycles. The van der Waals surface area contributed by atoms with Crippen LogP contribution in [-0.4, -0.2) is 42.4 Å². The number of nitro benzene ring substituents is 1. The van der Waals surface area contributed by atoms with Gasteiger partial charge in [0, 0.05) is 36.2 Å². The lowest BCUT2D eigenvalue weighted by Crippen LogP contribution is -2.25. The van der Waals surface area contributed by atoms with Crippen molar-refractivity contribution in [3.63, 3.8) is 0 Å². The van der Waals surface area contributed by atoms with Crippen LogP contribution in [-0.2, 0) is 27.3 Å². The molecule has 10 heteroatoms. The first-order chi connectivity index (χ1) is 14.9. The summed E-state index contributed by atoms with van der Waals surface area (Å²) in [5.41, 5.74) is 2.08. The third-order valence-electron chi connectivity index (χ3n) is 4.34. The summed E-state index contributed by atoms with van der Waals surface area (Å²) >= 11 is 1.43. The summed E-state index contributed by atoms with van der Waals surface area (Å²) in [5.74, 6) is -0.375. The fourth-order valence-corrected chi connectivity index (χ4v) is 4.15. The molecular formula is C21H22N4O5S. The molecule has 2 heterocycles. The fraction of sp³-hybridized carbons (Fsp3) is 0.286. The number of carbonyl (C=O) groups is 2. The minimum atomic E-state index is -0.482. The number of amides is 1. The van der Waals surface area contributed by atoms with E-state index in [1.54, 1.807) is 19.1 Å². The molecule has 9 nitrogen and oxygen atoms in total. The van der Waals surface area contributed by atoms with Crippen molar-refractivity contribution in [2.24, 2.45) is 0 Å². The summed E-state index contributed by atoms with van der Waals surface area (Å²) in [7, 11) is 2.02. The predicted molar refractivity (Wildman–Crippen MR) is 118 cm³/mol. The third-order valence-corrected chi connectivity index (χ3v) is 5.47. The second kappa shape index (κ2) is 11.6. The second-order valence-electron chi connectivity index (χ2n) is 6.53. The number of nitrogens with zero attached hydrogens (tertiary/aromatic N) is 3. The van der Waals surface area contributed by atoms with E-state index in [2.05, 4.69) is 21.0 Å². The largest absolute Gasteiger partial charge is 0.468 e. The van der Waals surface area contributed by atoms with E-state index in [0.29, 0.717) is 29.2 Å². The Balaban J connectivity index is 0.000000614. The molecular weight excluding hydrogens is 420 g/mol. The molecule has 0 radical (unpaired) electrons. The summed E-state index contributed by atoms with van der Waals surface area (Å²) in [4.78, 5) is 35.0. The molecule has 0 spiro atoms. The number of anilines is 1. The molecule has 162 valence electrons. The molecule has 2 aromatic rings. The number of nitro groups is 1. The lowest BCUT2D eigenvalue weighted by Gasteiger charge is -2.21. The Morgan fingerprint density at radius 1 is 1.48 bits per heavy atom. The zero-order valence-corrected chi connectivity index (χ0v) is 18.0. The van der Waals surface area contributed by atoms with E-state index in [1.807, 2.05) is 7.05 Å². The minimum absolute atomic E-state index is 0.0330. The lowest BCUT2D eigenvalue weighted by atomic mass is 10.0. The summed E-state index contributed by atoms with van der Waals surface area (Å²) < 4.78 is 4.15. The summed E-state index contributed by atoms with van der Waals surface area (Å²) in [6, 6.07) is 8.22. The maximum absolute atomic E-state index is 12.2. The van der Waals surface area contributed by atoms with Gasteiger partial charge in [-0.2, -0.15) is 5.26 Å². The number of hydrogen-bond donors (Lipinski definition) is 1. The van der Waals surface area contributed by atoms with Gasteiger partial charge in [0.15, 0.2) is 0 Å². The van der Waals surface area contributed by atoms with Crippen molar-refractivity contribution in [3.05, 3.63) is 62.0 Å². The maximum atomic E-state index is 12.2. The standard InChI is InChI=1S/C18H16N4O3S.C3H6O2/c1-21-8-7-14-15(10-19)18(26-16(14)11-21)20-17(23)6-5-12-3-2-4-13(9-12)22(24)25;1-2-5-3-4/h2-6,9H,7-8,11H2,1H3,(H,20,23);3H,2H2,1H3/b6-5+;. The Hall–Kier alpha value is -3.55. The Morgan fingerprint density at radius 2 is 2.26 bits per heavy atom. The van der Waals surface area contributed by atoms with Gasteiger partial charge in [0.05, 0.1) is 17.1 Å². The van der Waals surface area contributed by atoms with Gasteiger partial charge >= 0.3 is 0 Å². The van der Waals surface area contributed by atoms with Gasteiger partial charge in [-0.15, -0.1) is 11.3 Å². The van der Waals surface area contributed by atoms with Crippen molar-refractivity contribution in [3.8, 4) is 6.07 Å². The molecule has 1 aliphatic rings. The number of benzene rings is 1. The normalized spacial score (nSPS) is 12.8. The van der Waals surface area contributed by atoms with Crippen molar-refractivity contribution >= 4 is 40.5 Å². The highest BCUT2D eigenvalue weighted by molar-refractivity contribution is 7.16. The SMILES string of the molecule is CCOC=O.CN1CCc2c(sc(NC(=O)/C=C/c3cccc([N+](=O)[O-])c3)c2C#N)C1. The van der Waals surface area contributed by atoms with E-state index in [-0.39, 0.29) is 11.6 Å². The van der Waals surface area contributed by atoms with Crippen LogP contribution in [0.1, 0.15) is 28.5 Å². The van der Waals surface area contributed by atoms with Gasteiger partial charge in [-0.25, -0.2) is 0 Å². The monoisotopic (exact) mass is 442 g/mol. The second-order valence-corrected chi connectivity index (χ2v) is 7.64. The van der Waals surface area contributed by atoms with Gasteiger partial charge in [0.25, 0.3) is 12.2 Å². The number of nitrogens with one attached hydrogen (secondary N) is 1. The Labute approximate surface area is 183 Å². The molecule has 1 amide bonds. The molecule has 1 aliphatic heterocycles. The molecule has 3 rings (SSSR count). The molecule has 0 fully saturated rings. The van der Waals surface area contributed by atoms with Crippen LogP contribution in [0.4, 0.5) is 10.7 Å². The topological polar surface area (TPSA) is 126 Å². The van der Waals surface area contributed by atoms with Crippen LogP contribution in [0.5, 0.6) is 0 Å². The van der Waals surface area contributed by atoms with Gasteiger partial charge in [-0.3, -0.25) is 19.7 Å². The van der Waals surface area contributed by atoms with Crippen LogP contribution >= 0.6 is 11.3 Å². The van der Waals surface area contributed by atoms with Gasteiger partial charge in [-0.05, 0) is 37.6 Å². The zero-order valence-electron chi connectivity index (χ0n) is 17.2. The highest BCUT2D eigenvalue weighted by Crippen LogP contribution is 2.36. The summed E-state index contributed by atoms with van der Waals surface area (Å²) in [6.45, 7) is 4.32. The Kier molecular flexibility index (Phi) is 8.87. The van der Waals surface area contributed by atoms with Gasteiger partial charge in [-0.1, -0.05) is 12.1 Å². The highest BCUT2D eigenvalue weighted by Gasteiger charge is 2.23. The molecule has 1 aromatic heterocycles. The number of rotatable bonds is 6. The number of non-ortho nitro benzene ring substituents is 1. The number of thiophene rings is 1. The van der Waals surface area contributed by atoms with Crippen molar-refractivity contribution in [2.45, 2.75) is 19.9 Å². The number of carbonyl (C=O) groups excluding carboxylic acids is 2. The quantitative estimate of drug-likeness (QED) is 0.315. The number of likely N-dealkylation sites (N-methyl/N-ethyl adjacent to an activating group) is 1. The van der Waals surface area contributed by atoms with Crippen molar-refractivity contribution in [1.82, 2.24) is 4.90 Å². The predicted octanol–water partition coefficient (Wildman–Crippen LogP) is 3.35. The van der Waals surface area contributed by atoms with Crippen LogP contribution < -0.4 is 5.32 Å². The number of hydrogen-bond acceptors (Lipinski definition) is 8. The fourth-order valence-electron chi connectivity index (χ4n) is 2.87. The molecule has 31 heavy (non-hydrogen) atoms. The zero-order chi connectivity index (χ0) is 22.8. The van der Waals surface area contributed by atoms with Gasteiger partial charge in [0.2, 0.25) is 5.91 Å². The minimum Gasteiger partial charge on any atom is -0.468 e. The van der Waals surface area contributed by atoms with Gasteiger partial charge < -0.3 is 15.0 Å². The average Bonchev–Trinajstić information content (AvgIpc) is 3.09. The molecule has 1 N–H and O–H groups in total. The molecule has 0 aliphatic carbocycles. The van der Waals surface area contributed by atoms with E-state index in [0.717, 1.165) is 30.0 Å². The molecule has 0 bridgehead atoms. The first-order valence-corrected chi connectivity index (χ1v) is 10.2. The van der Waals surface area contributed by atoms with E-state index in [4.69, 9.17) is 0 Å². The number of ether oxygens (including phenoxy) is 1. The Bertz CT molecular complexity index is 1030. The van der Waals surface area contributed by atoms with Crippen LogP contribution in [0.2, 0.25) is 0 Å². The molecule has 0 atom stereocenters. The number of fused-ring (bicyclic) bond motifs is 1. The number of nitriles is 1. The van der Waals surface area contributed by atoms with Crippen LogP contribution in [0.25, 0.3) is 6.08 Å². The summed E-state index contributed by atoms with van der Waals surface area (Å²) in [6.07, 6.45) is 3.62. The molecule has 1 aromatic carbocycles. The van der Waals surface area contributed by atoms with E-state index in [1.165, 1.54) is 35.6 Å². The summed E-state index contributed by atoms with van der Waals surface area (Å²) in [5, 5.41) is 23.6. The van der Waals surface area contributed by atoms with E-state index >= 15 is 0 Å². The molecule has 0 saturated heterocycles. The van der Waals surface area contributed by atoms with Crippen molar-refractivity contribution in [1.29, 1.82) is 5.26 Å². The maximum Gasteiger partial charge on any atom is 0.293 e. The highest BCUT2D eigenvalue weighted by atomic mass is 32.1. The lowest BCUT2D eigenvalue weighted by molar-refractivity contribution is -0.384. The molecule has 0 unspecified atom stereocenters. The van der Waals surface area contributed by atoms with E-state index < -0.39 is 4.92 Å². The first kappa shape index (κ1) is 23.7. The van der Waals surface area contributed by atoms with Crippen molar-refractivity contribution < 1.29 is 19.2 Å². The smallest absolute Gasteiger partial charge is 0.293 e. The first-order valence-electron chi connectivity index (χ1n) is 9.41. The van der Waals surface area contributed by atoms with Crippen LogP contribution in [0.3, 0.4) is 0 Å². The van der Waals surface area contributed by atoms with E-state index in [9.17, 15) is 25.0 Å².